The number of carbonyl (C=O) groups excluding carboxylic acids is 4. The normalized spacial score (nSPS) is 19.5. The first-order valence-corrected chi connectivity index (χ1v) is 19.2. The molecule has 2 saturated heterocycles. The number of H-pyrrole nitrogens is 2. The fourth-order valence-electron chi connectivity index (χ4n) is 7.53. The van der Waals surface area contributed by atoms with E-state index in [2.05, 4.69) is 42.7 Å². The summed E-state index contributed by atoms with van der Waals surface area (Å²) in [7, 11) is 2.55. The van der Waals surface area contributed by atoms with Crippen molar-refractivity contribution in [3.05, 3.63) is 72.6 Å². The van der Waals surface area contributed by atoms with Gasteiger partial charge >= 0.3 is 12.2 Å². The Hall–Kier alpha value is -5.70. The molecule has 298 valence electrons. The second kappa shape index (κ2) is 17.4. The number of aliphatic hydroxyl groups excluding tert-OH is 1. The average Bonchev–Trinajstić information content (AvgIpc) is 4.00. The number of aromatic amines is 2. The SMILES string of the molecule is COC(=O)N[C@H](C(=O)N1CCC[C@H]1c1ncc(-c2ccc(-c3ccc(-c4cnc([C@@H]5C[C@H](O)CCN5C(=O)[C@@H](NC(=O)OC)C(C)C)[nH]4)cc3)cc2)[nH]1)C(C)C. The number of piperidine rings is 1. The van der Waals surface area contributed by atoms with Gasteiger partial charge in [-0.1, -0.05) is 76.2 Å². The van der Waals surface area contributed by atoms with Crippen LogP contribution in [-0.4, -0.2) is 104 Å². The lowest BCUT2D eigenvalue weighted by Crippen LogP contribution is -2.54. The number of nitrogens with one attached hydrogen (secondary N) is 4. The number of aliphatic hydroxyl groups is 1. The zero-order valence-corrected chi connectivity index (χ0v) is 32.7. The first-order valence-electron chi connectivity index (χ1n) is 19.2. The maximum Gasteiger partial charge on any atom is 0.407 e. The highest BCUT2D eigenvalue weighted by atomic mass is 16.5. The van der Waals surface area contributed by atoms with Crippen LogP contribution in [0, 0.1) is 11.8 Å². The van der Waals surface area contributed by atoms with Gasteiger partial charge in [-0.3, -0.25) is 9.59 Å². The predicted molar refractivity (Wildman–Crippen MR) is 209 cm³/mol. The fourth-order valence-corrected chi connectivity index (χ4v) is 7.53. The lowest BCUT2D eigenvalue weighted by atomic mass is 9.95. The molecule has 56 heavy (non-hydrogen) atoms. The van der Waals surface area contributed by atoms with E-state index >= 15 is 0 Å². The van der Waals surface area contributed by atoms with Gasteiger partial charge in [0.15, 0.2) is 0 Å². The highest BCUT2D eigenvalue weighted by Crippen LogP contribution is 2.35. The third kappa shape index (κ3) is 8.72. The zero-order chi connectivity index (χ0) is 40.1. The molecule has 4 heterocycles. The van der Waals surface area contributed by atoms with Gasteiger partial charge in [-0.15, -0.1) is 0 Å². The number of hydrogen-bond donors (Lipinski definition) is 5. The van der Waals surface area contributed by atoms with Gasteiger partial charge in [-0.2, -0.15) is 0 Å². The van der Waals surface area contributed by atoms with Crippen molar-refractivity contribution in [2.45, 2.75) is 83.6 Å². The topological polar surface area (TPSA) is 195 Å². The highest BCUT2D eigenvalue weighted by molar-refractivity contribution is 5.87. The summed E-state index contributed by atoms with van der Waals surface area (Å²) in [6.07, 6.45) is 4.00. The Kier molecular flexibility index (Phi) is 12.4. The van der Waals surface area contributed by atoms with Crippen molar-refractivity contribution in [1.29, 1.82) is 0 Å². The molecule has 0 aliphatic carbocycles. The molecule has 0 spiro atoms. The van der Waals surface area contributed by atoms with Gasteiger partial charge in [0.05, 0.1) is 56.2 Å². The van der Waals surface area contributed by atoms with Crippen molar-refractivity contribution >= 4 is 24.0 Å². The van der Waals surface area contributed by atoms with Crippen LogP contribution in [0.4, 0.5) is 9.59 Å². The molecule has 2 aliphatic heterocycles. The minimum absolute atomic E-state index is 0.113. The monoisotopic (exact) mass is 768 g/mol. The van der Waals surface area contributed by atoms with Crippen molar-refractivity contribution in [1.82, 2.24) is 40.4 Å². The van der Waals surface area contributed by atoms with E-state index in [4.69, 9.17) is 9.47 Å². The van der Waals surface area contributed by atoms with E-state index in [1.165, 1.54) is 14.2 Å². The largest absolute Gasteiger partial charge is 0.453 e. The van der Waals surface area contributed by atoms with E-state index in [-0.39, 0.29) is 29.7 Å². The molecule has 0 saturated carbocycles. The van der Waals surface area contributed by atoms with E-state index in [1.807, 2.05) is 64.1 Å². The number of ether oxygens (including phenoxy) is 2. The summed E-state index contributed by atoms with van der Waals surface area (Å²) in [6.45, 7) is 8.42. The molecular formula is C41H52N8O7. The smallest absolute Gasteiger partial charge is 0.407 e. The molecule has 5 atom stereocenters. The lowest BCUT2D eigenvalue weighted by molar-refractivity contribution is -0.140. The van der Waals surface area contributed by atoms with Gasteiger partial charge in [0.1, 0.15) is 23.7 Å². The summed E-state index contributed by atoms with van der Waals surface area (Å²) >= 11 is 0. The quantitative estimate of drug-likeness (QED) is 0.129. The summed E-state index contributed by atoms with van der Waals surface area (Å²) in [5.41, 5.74) is 5.54. The van der Waals surface area contributed by atoms with Crippen LogP contribution in [-0.2, 0) is 19.1 Å². The van der Waals surface area contributed by atoms with Crippen LogP contribution < -0.4 is 10.6 Å². The minimum Gasteiger partial charge on any atom is -0.453 e. The van der Waals surface area contributed by atoms with Crippen LogP contribution in [0.15, 0.2) is 60.9 Å². The summed E-state index contributed by atoms with van der Waals surface area (Å²) in [5, 5.41) is 15.9. The summed E-state index contributed by atoms with van der Waals surface area (Å²) in [6, 6.07) is 14.1. The van der Waals surface area contributed by atoms with Crippen LogP contribution in [0.25, 0.3) is 33.6 Å². The molecule has 2 fully saturated rings. The number of nitrogens with zero attached hydrogens (tertiary/aromatic N) is 4. The second-order valence-electron chi connectivity index (χ2n) is 15.1. The van der Waals surface area contributed by atoms with Crippen LogP contribution in [0.3, 0.4) is 0 Å². The third-order valence-corrected chi connectivity index (χ3v) is 10.7. The number of aromatic nitrogens is 4. The van der Waals surface area contributed by atoms with Crippen molar-refractivity contribution < 1.29 is 33.8 Å². The fraction of sp³-hybridized carbons (Fsp3) is 0.463. The maximum absolute atomic E-state index is 13.7. The molecule has 5 N–H and O–H groups in total. The van der Waals surface area contributed by atoms with Gasteiger partial charge in [0.2, 0.25) is 11.8 Å². The summed E-state index contributed by atoms with van der Waals surface area (Å²) in [5.74, 6) is 0.589. The van der Waals surface area contributed by atoms with Crippen LogP contribution in [0.2, 0.25) is 0 Å². The molecule has 2 aromatic carbocycles. The standard InChI is InChI=1S/C41H52N8O7/c1-23(2)34(46-40(53)55-5)38(51)48-18-7-8-32(48)36-42-21-30(44-36)27-13-9-25(10-14-27)26-11-15-28(16-12-26)31-22-43-37(45-31)33-20-29(50)17-19-49(33)39(52)35(24(3)4)47-41(54)56-6/h9-16,21-24,29,32-35,50H,7-8,17-20H2,1-6H3,(H,42,44)(H,43,45)(H,46,53)(H,47,54)/t29-,32+,33+,34+,35+/m1/s1. The molecule has 4 amide bonds. The van der Waals surface area contributed by atoms with Crippen LogP contribution in [0.5, 0.6) is 0 Å². The number of amides is 4. The van der Waals surface area contributed by atoms with E-state index in [0.29, 0.717) is 37.6 Å². The number of hydrogen-bond acceptors (Lipinski definition) is 9. The Morgan fingerprint density at radius 3 is 1.55 bits per heavy atom. The van der Waals surface area contributed by atoms with Crippen molar-refractivity contribution in [3.8, 4) is 33.6 Å². The van der Waals surface area contributed by atoms with E-state index in [0.717, 1.165) is 46.5 Å². The molecule has 2 aromatic heterocycles. The van der Waals surface area contributed by atoms with Crippen molar-refractivity contribution in [2.75, 3.05) is 27.3 Å². The molecule has 0 unspecified atom stereocenters. The van der Waals surface area contributed by atoms with Crippen molar-refractivity contribution in [3.63, 3.8) is 0 Å². The Morgan fingerprint density at radius 2 is 1.11 bits per heavy atom. The second-order valence-corrected chi connectivity index (χ2v) is 15.1. The number of rotatable bonds is 11. The molecule has 0 bridgehead atoms. The first-order chi connectivity index (χ1) is 26.9. The molecular weight excluding hydrogens is 716 g/mol. The zero-order valence-electron chi connectivity index (χ0n) is 32.7. The Balaban J connectivity index is 1.13. The number of methoxy groups -OCH3 is 2. The maximum atomic E-state index is 13.7. The van der Waals surface area contributed by atoms with Crippen LogP contribution in [0.1, 0.15) is 77.1 Å². The number of carbonyl (C=O) groups is 4. The highest BCUT2D eigenvalue weighted by Gasteiger charge is 2.39. The molecule has 2 aliphatic rings. The van der Waals surface area contributed by atoms with Gasteiger partial charge in [-0.05, 0) is 53.4 Å². The van der Waals surface area contributed by atoms with Gasteiger partial charge in [-0.25, -0.2) is 19.6 Å². The Labute approximate surface area is 326 Å². The number of likely N-dealkylation sites (tertiary alicyclic amines) is 2. The number of alkyl carbamates (subject to hydrolysis) is 2. The van der Waals surface area contributed by atoms with Gasteiger partial charge in [0, 0.05) is 19.5 Å². The van der Waals surface area contributed by atoms with E-state index in [1.54, 1.807) is 22.2 Å². The summed E-state index contributed by atoms with van der Waals surface area (Å²) < 4.78 is 9.50. The minimum atomic E-state index is -0.782. The first kappa shape index (κ1) is 40.0. The van der Waals surface area contributed by atoms with Crippen LogP contribution >= 0.6 is 0 Å². The summed E-state index contributed by atoms with van der Waals surface area (Å²) in [4.78, 5) is 70.8. The number of benzene rings is 2. The lowest BCUT2D eigenvalue weighted by Gasteiger charge is -2.39. The molecule has 6 rings (SSSR count). The third-order valence-electron chi connectivity index (χ3n) is 10.7. The van der Waals surface area contributed by atoms with Gasteiger partial charge < -0.3 is 45.0 Å². The molecule has 0 radical (unpaired) electrons. The molecule has 15 heteroatoms. The predicted octanol–water partition coefficient (Wildman–Crippen LogP) is 5.58. The number of imidazole rings is 2. The Bertz CT molecular complexity index is 1990. The van der Waals surface area contributed by atoms with E-state index in [9.17, 15) is 24.3 Å². The Morgan fingerprint density at radius 1 is 0.679 bits per heavy atom. The average molecular weight is 769 g/mol. The van der Waals surface area contributed by atoms with Gasteiger partial charge in [0.25, 0.3) is 0 Å². The molecule has 15 nitrogen and oxygen atoms in total. The van der Waals surface area contributed by atoms with E-state index < -0.39 is 36.4 Å². The molecule has 4 aromatic rings. The van der Waals surface area contributed by atoms with Crippen molar-refractivity contribution in [2.24, 2.45) is 11.8 Å².